The molecule has 0 aliphatic heterocycles. The monoisotopic (exact) mass is 319 g/mol. The summed E-state index contributed by atoms with van der Waals surface area (Å²) >= 11 is 0. The number of hydrogen-bond donors (Lipinski definition) is 3. The van der Waals surface area contributed by atoms with E-state index < -0.39 is 10.2 Å². The normalized spacial score (nSPS) is 18.1. The Bertz CT molecular complexity index is 549. The maximum Gasteiger partial charge on any atom is 0.277 e. The fraction of sp³-hybridized carbons (Fsp3) is 0.538. The Labute approximate surface area is 126 Å². The van der Waals surface area contributed by atoms with Gasteiger partial charge in [-0.05, 0) is 48.9 Å². The second-order valence-electron chi connectivity index (χ2n) is 4.92. The first-order chi connectivity index (χ1) is 9.02. The standard InChI is InChI=1S/C13H21N3O2S.ClH/c1-2-8-15-19(17,18)16-13-5-3-4-10-9-11(14)6-7-12(10)13;/h6-7,9,13,15-16H,2-5,8,14H2,1H3;1H. The van der Waals surface area contributed by atoms with Gasteiger partial charge in [0.25, 0.3) is 10.2 Å². The van der Waals surface area contributed by atoms with Crippen LogP contribution in [0.25, 0.3) is 0 Å². The predicted octanol–water partition coefficient (Wildman–Crippen LogP) is 1.90. The summed E-state index contributed by atoms with van der Waals surface area (Å²) in [5.41, 5.74) is 8.69. The summed E-state index contributed by atoms with van der Waals surface area (Å²) < 4.78 is 29.0. The van der Waals surface area contributed by atoms with Crippen molar-refractivity contribution in [3.05, 3.63) is 29.3 Å². The number of hydrogen-bond acceptors (Lipinski definition) is 3. The summed E-state index contributed by atoms with van der Waals surface area (Å²) in [6.45, 7) is 2.39. The molecule has 4 N–H and O–H groups in total. The Morgan fingerprint density at radius 2 is 2.15 bits per heavy atom. The summed E-state index contributed by atoms with van der Waals surface area (Å²) in [7, 11) is -3.43. The number of rotatable bonds is 5. The molecular weight excluding hydrogens is 298 g/mol. The van der Waals surface area contributed by atoms with E-state index in [1.54, 1.807) is 0 Å². The molecule has 0 saturated heterocycles. The minimum absolute atomic E-state index is 0. The summed E-state index contributed by atoms with van der Waals surface area (Å²) in [6, 6.07) is 5.54. The lowest BCUT2D eigenvalue weighted by Gasteiger charge is -2.26. The molecule has 0 heterocycles. The van der Waals surface area contributed by atoms with Crippen LogP contribution in [0.5, 0.6) is 0 Å². The largest absolute Gasteiger partial charge is 0.399 e. The minimum Gasteiger partial charge on any atom is -0.399 e. The number of anilines is 1. The highest BCUT2D eigenvalue weighted by Crippen LogP contribution is 2.31. The molecule has 7 heteroatoms. The van der Waals surface area contributed by atoms with Gasteiger partial charge in [-0.15, -0.1) is 12.4 Å². The maximum absolute atomic E-state index is 11.9. The highest BCUT2D eigenvalue weighted by atomic mass is 35.5. The van der Waals surface area contributed by atoms with Crippen molar-refractivity contribution in [2.24, 2.45) is 0 Å². The molecule has 1 aliphatic rings. The third kappa shape index (κ3) is 4.34. The molecule has 0 radical (unpaired) electrons. The predicted molar refractivity (Wildman–Crippen MR) is 84.1 cm³/mol. The van der Waals surface area contributed by atoms with Gasteiger partial charge in [0, 0.05) is 18.3 Å². The van der Waals surface area contributed by atoms with Crippen molar-refractivity contribution in [3.8, 4) is 0 Å². The van der Waals surface area contributed by atoms with Crippen LogP contribution in [0.1, 0.15) is 43.4 Å². The van der Waals surface area contributed by atoms with Gasteiger partial charge in [-0.25, -0.2) is 4.72 Å². The molecule has 1 aromatic rings. The lowest BCUT2D eigenvalue weighted by atomic mass is 9.88. The van der Waals surface area contributed by atoms with Gasteiger partial charge in [-0.2, -0.15) is 13.1 Å². The molecule has 0 fully saturated rings. The molecule has 20 heavy (non-hydrogen) atoms. The molecule has 1 aliphatic carbocycles. The zero-order valence-electron chi connectivity index (χ0n) is 11.6. The van der Waals surface area contributed by atoms with E-state index in [0.717, 1.165) is 42.5 Å². The van der Waals surface area contributed by atoms with Crippen LogP contribution in [-0.4, -0.2) is 15.0 Å². The highest BCUT2D eigenvalue weighted by Gasteiger charge is 2.24. The molecule has 1 aromatic carbocycles. The Morgan fingerprint density at radius 1 is 1.40 bits per heavy atom. The molecule has 1 atom stereocenters. The number of fused-ring (bicyclic) bond motifs is 1. The third-order valence-corrected chi connectivity index (χ3v) is 4.50. The molecule has 0 amide bonds. The van der Waals surface area contributed by atoms with Crippen molar-refractivity contribution in [3.63, 3.8) is 0 Å². The van der Waals surface area contributed by atoms with Crippen molar-refractivity contribution in [2.75, 3.05) is 12.3 Å². The summed E-state index contributed by atoms with van der Waals surface area (Å²) in [5.74, 6) is 0. The second kappa shape index (κ2) is 7.26. The summed E-state index contributed by atoms with van der Waals surface area (Å²) in [6.07, 6.45) is 3.53. The highest BCUT2D eigenvalue weighted by molar-refractivity contribution is 7.87. The SMILES string of the molecule is CCCNS(=O)(=O)NC1CCCc2cc(N)ccc21.Cl. The fourth-order valence-corrected chi connectivity index (χ4v) is 3.60. The Balaban J connectivity index is 0.00000200. The Morgan fingerprint density at radius 3 is 2.85 bits per heavy atom. The smallest absolute Gasteiger partial charge is 0.277 e. The number of nitrogens with two attached hydrogens (primary N) is 1. The van der Waals surface area contributed by atoms with Gasteiger partial charge >= 0.3 is 0 Å². The van der Waals surface area contributed by atoms with Gasteiger partial charge in [0.2, 0.25) is 0 Å². The molecule has 2 rings (SSSR count). The van der Waals surface area contributed by atoms with E-state index >= 15 is 0 Å². The van der Waals surface area contributed by atoms with Crippen LogP contribution >= 0.6 is 12.4 Å². The van der Waals surface area contributed by atoms with Crippen molar-refractivity contribution in [1.82, 2.24) is 9.44 Å². The van der Waals surface area contributed by atoms with Gasteiger partial charge in [0.15, 0.2) is 0 Å². The van der Waals surface area contributed by atoms with Gasteiger partial charge < -0.3 is 5.73 Å². The van der Waals surface area contributed by atoms with E-state index in [1.165, 1.54) is 0 Å². The Kier molecular flexibility index (Phi) is 6.26. The molecule has 0 aromatic heterocycles. The van der Waals surface area contributed by atoms with E-state index in [9.17, 15) is 8.42 Å². The molecular formula is C13H22ClN3O2S. The topological polar surface area (TPSA) is 84.2 Å². The number of aryl methyl sites for hydroxylation is 1. The molecule has 5 nitrogen and oxygen atoms in total. The van der Waals surface area contributed by atoms with Crippen LogP contribution in [0.4, 0.5) is 5.69 Å². The zero-order valence-corrected chi connectivity index (χ0v) is 13.2. The van der Waals surface area contributed by atoms with Crippen LogP contribution < -0.4 is 15.2 Å². The zero-order chi connectivity index (χ0) is 13.9. The summed E-state index contributed by atoms with van der Waals surface area (Å²) in [4.78, 5) is 0. The first-order valence-corrected chi connectivity index (χ1v) is 8.15. The Hall–Kier alpha value is -0.820. The maximum atomic E-state index is 11.9. The second-order valence-corrected chi connectivity index (χ2v) is 6.45. The number of nitrogens with one attached hydrogen (secondary N) is 2. The van der Waals surface area contributed by atoms with E-state index in [-0.39, 0.29) is 18.4 Å². The van der Waals surface area contributed by atoms with Crippen LogP contribution in [0, 0.1) is 0 Å². The van der Waals surface area contributed by atoms with Gasteiger partial charge in [0.05, 0.1) is 0 Å². The average Bonchev–Trinajstić information content (AvgIpc) is 2.36. The molecule has 0 spiro atoms. The van der Waals surface area contributed by atoms with Crippen molar-refractivity contribution in [1.29, 1.82) is 0 Å². The molecule has 1 unspecified atom stereocenters. The van der Waals surface area contributed by atoms with Crippen LogP contribution in [-0.2, 0) is 16.6 Å². The molecule has 0 bridgehead atoms. The van der Waals surface area contributed by atoms with E-state index in [0.29, 0.717) is 6.54 Å². The van der Waals surface area contributed by atoms with Gasteiger partial charge in [-0.3, -0.25) is 0 Å². The number of halogens is 1. The van der Waals surface area contributed by atoms with Crippen LogP contribution in [0.2, 0.25) is 0 Å². The van der Waals surface area contributed by atoms with E-state index in [4.69, 9.17) is 5.73 Å². The lowest BCUT2D eigenvalue weighted by molar-refractivity contribution is 0.500. The molecule has 0 saturated carbocycles. The lowest BCUT2D eigenvalue weighted by Crippen LogP contribution is -2.40. The van der Waals surface area contributed by atoms with Crippen molar-refractivity contribution < 1.29 is 8.42 Å². The third-order valence-electron chi connectivity index (χ3n) is 3.32. The van der Waals surface area contributed by atoms with Crippen LogP contribution in [0.15, 0.2) is 18.2 Å². The van der Waals surface area contributed by atoms with Crippen molar-refractivity contribution in [2.45, 2.75) is 38.6 Å². The summed E-state index contributed by atoms with van der Waals surface area (Å²) in [5, 5.41) is 0. The average molecular weight is 320 g/mol. The van der Waals surface area contributed by atoms with E-state index in [2.05, 4.69) is 9.44 Å². The van der Waals surface area contributed by atoms with Crippen molar-refractivity contribution >= 4 is 28.3 Å². The number of benzene rings is 1. The quantitative estimate of drug-likeness (QED) is 0.725. The number of nitrogen functional groups attached to an aromatic ring is 1. The van der Waals surface area contributed by atoms with Gasteiger partial charge in [0.1, 0.15) is 0 Å². The first-order valence-electron chi connectivity index (χ1n) is 6.67. The minimum atomic E-state index is -3.43. The van der Waals surface area contributed by atoms with E-state index in [1.807, 2.05) is 25.1 Å². The molecule has 114 valence electrons. The van der Waals surface area contributed by atoms with Crippen LogP contribution in [0.3, 0.4) is 0 Å². The fourth-order valence-electron chi connectivity index (χ4n) is 2.42. The van der Waals surface area contributed by atoms with Gasteiger partial charge in [-0.1, -0.05) is 13.0 Å². The first kappa shape index (κ1) is 17.2.